The van der Waals surface area contributed by atoms with Gasteiger partial charge in [0, 0.05) is 42.5 Å². The first-order valence-corrected chi connectivity index (χ1v) is 9.53. The lowest BCUT2D eigenvalue weighted by molar-refractivity contribution is -0.114. The number of anilines is 2. The van der Waals surface area contributed by atoms with Crippen molar-refractivity contribution in [3.63, 3.8) is 0 Å². The van der Waals surface area contributed by atoms with E-state index in [9.17, 15) is 4.79 Å². The van der Waals surface area contributed by atoms with Crippen molar-refractivity contribution in [2.75, 3.05) is 42.6 Å². The van der Waals surface area contributed by atoms with Crippen molar-refractivity contribution in [1.82, 2.24) is 9.97 Å². The van der Waals surface area contributed by atoms with Crippen LogP contribution in [0.4, 0.5) is 11.8 Å². The summed E-state index contributed by atoms with van der Waals surface area (Å²) in [6.45, 7) is 3.52. The van der Waals surface area contributed by atoms with Crippen molar-refractivity contribution in [2.45, 2.75) is 12.8 Å². The Morgan fingerprint density at radius 3 is 2.81 bits per heavy atom. The number of carbonyl (C=O) groups excluding carboxylic acids is 1. The topological polar surface area (TPSA) is 58.6 Å². The molecule has 1 saturated heterocycles. The number of hydrogen-bond acceptors (Lipinski definition) is 5. The van der Waals surface area contributed by atoms with Gasteiger partial charge in [0.15, 0.2) is 0 Å². The van der Waals surface area contributed by atoms with Crippen LogP contribution in [0.3, 0.4) is 0 Å². The number of ether oxygens (including phenoxy) is 1. The van der Waals surface area contributed by atoms with Crippen molar-refractivity contribution < 1.29 is 9.53 Å². The van der Waals surface area contributed by atoms with E-state index in [1.165, 1.54) is 0 Å². The summed E-state index contributed by atoms with van der Waals surface area (Å²) in [4.78, 5) is 25.9. The van der Waals surface area contributed by atoms with E-state index in [1.54, 1.807) is 17.1 Å². The van der Waals surface area contributed by atoms with E-state index >= 15 is 0 Å². The number of halogens is 1. The van der Waals surface area contributed by atoms with Crippen molar-refractivity contribution in [1.29, 1.82) is 0 Å². The number of amides is 1. The molecule has 140 valence electrons. The van der Waals surface area contributed by atoms with Gasteiger partial charge in [0.05, 0.1) is 13.2 Å². The van der Waals surface area contributed by atoms with E-state index in [4.69, 9.17) is 21.3 Å². The van der Waals surface area contributed by atoms with Gasteiger partial charge in [-0.3, -0.25) is 9.69 Å². The molecule has 27 heavy (non-hydrogen) atoms. The summed E-state index contributed by atoms with van der Waals surface area (Å²) in [6.07, 6.45) is 6.95. The maximum Gasteiger partial charge on any atom is 0.252 e. The van der Waals surface area contributed by atoms with E-state index < -0.39 is 0 Å². The molecule has 7 heteroatoms. The number of nitrogens with zero attached hydrogens (tertiary/aromatic N) is 4. The fraction of sp³-hybridized carbons (Fsp3) is 0.350. The summed E-state index contributed by atoms with van der Waals surface area (Å²) in [7, 11) is 0. The third kappa shape index (κ3) is 3.96. The highest BCUT2D eigenvalue weighted by molar-refractivity contribution is 6.32. The molecule has 0 N–H and O–H groups in total. The van der Waals surface area contributed by atoms with Gasteiger partial charge < -0.3 is 9.64 Å². The second-order valence-electron chi connectivity index (χ2n) is 6.57. The van der Waals surface area contributed by atoms with Crippen LogP contribution >= 0.6 is 11.6 Å². The van der Waals surface area contributed by atoms with Gasteiger partial charge in [-0.15, -0.1) is 0 Å². The monoisotopic (exact) mass is 384 g/mol. The second kappa shape index (κ2) is 8.06. The van der Waals surface area contributed by atoms with Crippen LogP contribution in [0.25, 0.3) is 6.08 Å². The smallest absolute Gasteiger partial charge is 0.252 e. The predicted molar refractivity (Wildman–Crippen MR) is 106 cm³/mol. The molecule has 0 spiro atoms. The zero-order chi connectivity index (χ0) is 18.6. The Bertz CT molecular complexity index is 865. The summed E-state index contributed by atoms with van der Waals surface area (Å²) in [6, 6.07) is 7.46. The fourth-order valence-electron chi connectivity index (χ4n) is 3.32. The minimum Gasteiger partial charge on any atom is -0.378 e. The first-order valence-electron chi connectivity index (χ1n) is 9.15. The van der Waals surface area contributed by atoms with Crippen molar-refractivity contribution in [2.24, 2.45) is 0 Å². The van der Waals surface area contributed by atoms with Gasteiger partial charge in [-0.2, -0.15) is 4.98 Å². The highest BCUT2D eigenvalue weighted by atomic mass is 35.5. The van der Waals surface area contributed by atoms with Gasteiger partial charge in [0.25, 0.3) is 5.91 Å². The van der Waals surface area contributed by atoms with Crippen LogP contribution in [0, 0.1) is 0 Å². The minimum absolute atomic E-state index is 0.0949. The zero-order valence-electron chi connectivity index (χ0n) is 15.0. The van der Waals surface area contributed by atoms with Gasteiger partial charge in [-0.1, -0.05) is 29.8 Å². The quantitative estimate of drug-likeness (QED) is 0.761. The molecule has 1 aromatic heterocycles. The lowest BCUT2D eigenvalue weighted by Gasteiger charge is -2.31. The number of carbonyl (C=O) groups is 1. The first kappa shape index (κ1) is 17.9. The standard InChI is InChI=1S/C20H21ClN4O2/c21-17-6-2-1-4-15(17)7-8-18(26)25-9-3-5-16-14-22-20(23-19(16)25)24-10-12-27-13-11-24/h1-2,4,6-8,14H,3,5,9-13H2/b8-7+. The predicted octanol–water partition coefficient (Wildman–Crippen LogP) is 2.96. The molecule has 0 bridgehead atoms. The van der Waals surface area contributed by atoms with Crippen LogP contribution in [-0.4, -0.2) is 48.7 Å². The van der Waals surface area contributed by atoms with Gasteiger partial charge >= 0.3 is 0 Å². The number of hydrogen-bond donors (Lipinski definition) is 0. The van der Waals surface area contributed by atoms with Crippen LogP contribution in [0.2, 0.25) is 5.02 Å². The molecule has 0 aliphatic carbocycles. The Morgan fingerprint density at radius 1 is 1.19 bits per heavy atom. The number of benzene rings is 1. The molecular formula is C20H21ClN4O2. The summed E-state index contributed by atoms with van der Waals surface area (Å²) in [5.41, 5.74) is 1.83. The van der Waals surface area contributed by atoms with Crippen LogP contribution < -0.4 is 9.80 Å². The van der Waals surface area contributed by atoms with E-state index in [2.05, 4.69) is 9.88 Å². The average Bonchev–Trinajstić information content (AvgIpc) is 2.73. The SMILES string of the molecule is O=C(/C=C/c1ccccc1Cl)N1CCCc2cnc(N3CCOCC3)nc21. The summed E-state index contributed by atoms with van der Waals surface area (Å²) >= 11 is 6.17. The van der Waals surface area contributed by atoms with Crippen molar-refractivity contribution in [3.05, 3.63) is 52.7 Å². The Kier molecular flexibility index (Phi) is 5.36. The molecule has 4 rings (SSSR count). The largest absolute Gasteiger partial charge is 0.378 e. The molecule has 0 atom stereocenters. The maximum absolute atomic E-state index is 12.8. The second-order valence-corrected chi connectivity index (χ2v) is 6.97. The van der Waals surface area contributed by atoms with Gasteiger partial charge in [0.2, 0.25) is 5.95 Å². The molecule has 6 nitrogen and oxygen atoms in total. The van der Waals surface area contributed by atoms with E-state index in [-0.39, 0.29) is 5.91 Å². The lowest BCUT2D eigenvalue weighted by Crippen LogP contribution is -2.39. The van der Waals surface area contributed by atoms with E-state index in [0.717, 1.165) is 37.1 Å². The van der Waals surface area contributed by atoms with Gasteiger partial charge in [-0.05, 0) is 30.5 Å². The van der Waals surface area contributed by atoms with E-state index in [0.29, 0.717) is 36.5 Å². The summed E-state index contributed by atoms with van der Waals surface area (Å²) in [5.74, 6) is 1.28. The van der Waals surface area contributed by atoms with Crippen molar-refractivity contribution in [3.8, 4) is 0 Å². The highest BCUT2D eigenvalue weighted by Gasteiger charge is 2.25. The molecular weight excluding hydrogens is 364 g/mol. The minimum atomic E-state index is -0.0949. The summed E-state index contributed by atoms with van der Waals surface area (Å²) in [5, 5.41) is 0.623. The number of aryl methyl sites for hydroxylation is 1. The van der Waals surface area contributed by atoms with Crippen LogP contribution in [0.1, 0.15) is 17.5 Å². The first-order chi connectivity index (χ1) is 13.2. The highest BCUT2D eigenvalue weighted by Crippen LogP contribution is 2.27. The van der Waals surface area contributed by atoms with Crippen LogP contribution in [0.5, 0.6) is 0 Å². The molecule has 2 aliphatic rings. The fourth-order valence-corrected chi connectivity index (χ4v) is 3.52. The van der Waals surface area contributed by atoms with Crippen LogP contribution in [-0.2, 0) is 16.0 Å². The van der Waals surface area contributed by atoms with E-state index in [1.807, 2.05) is 30.5 Å². The van der Waals surface area contributed by atoms with Crippen molar-refractivity contribution >= 4 is 35.4 Å². The molecule has 0 unspecified atom stereocenters. The molecule has 1 aromatic carbocycles. The molecule has 0 radical (unpaired) electrons. The number of morpholine rings is 1. The third-order valence-electron chi connectivity index (χ3n) is 4.78. The molecule has 1 amide bonds. The molecule has 1 fully saturated rings. The Hall–Kier alpha value is -2.44. The number of fused-ring (bicyclic) bond motifs is 1. The Morgan fingerprint density at radius 2 is 2.00 bits per heavy atom. The lowest BCUT2D eigenvalue weighted by atomic mass is 10.1. The van der Waals surface area contributed by atoms with Gasteiger partial charge in [0.1, 0.15) is 5.82 Å². The molecule has 0 saturated carbocycles. The zero-order valence-corrected chi connectivity index (χ0v) is 15.7. The maximum atomic E-state index is 12.8. The average molecular weight is 385 g/mol. The Labute approximate surface area is 163 Å². The number of rotatable bonds is 3. The van der Waals surface area contributed by atoms with Crippen LogP contribution in [0.15, 0.2) is 36.5 Å². The Balaban J connectivity index is 1.58. The molecule has 2 aromatic rings. The third-order valence-corrected chi connectivity index (χ3v) is 5.13. The number of aromatic nitrogens is 2. The molecule has 2 aliphatic heterocycles. The normalized spacial score (nSPS) is 17.2. The molecule has 3 heterocycles. The summed E-state index contributed by atoms with van der Waals surface area (Å²) < 4.78 is 5.40. The van der Waals surface area contributed by atoms with Gasteiger partial charge in [-0.25, -0.2) is 4.98 Å².